The molecule has 1 aliphatic carbocycles. The Bertz CT molecular complexity index is 1300. The molecule has 1 fully saturated rings. The van der Waals surface area contributed by atoms with Gasteiger partial charge in [0.05, 0.1) is 17.5 Å². The minimum absolute atomic E-state index is 0. The van der Waals surface area contributed by atoms with E-state index in [1.54, 1.807) is 24.4 Å². The summed E-state index contributed by atoms with van der Waals surface area (Å²) in [6, 6.07) is 8.66. The molecular weight excluding hydrogens is 605 g/mol. The summed E-state index contributed by atoms with van der Waals surface area (Å²) in [5.74, 6) is 6.51. The molecule has 42 heavy (non-hydrogen) atoms. The Labute approximate surface area is 274 Å². The molecule has 0 amide bonds. The molecule has 221 valence electrons. The fraction of sp³-hybridized carbons (Fsp3) is 0.419. The van der Waals surface area contributed by atoms with E-state index < -0.39 is 0 Å². The van der Waals surface area contributed by atoms with Crippen LogP contribution in [-0.4, -0.2) is 75.0 Å². The SMILES string of the molecule is C[C@@H]1CCN(/C(=C/C(=N)c2ccccc2O)C(=N)N)CCN1c1ccnc(C#CC[NH-])n1.OC1CC/C=C\CCC1.[Y]. The first-order valence-corrected chi connectivity index (χ1v) is 14.0. The van der Waals surface area contributed by atoms with Crippen LogP contribution in [0.3, 0.4) is 0 Å². The van der Waals surface area contributed by atoms with E-state index in [-0.39, 0.29) is 68.7 Å². The zero-order valence-electron chi connectivity index (χ0n) is 24.3. The topological polar surface area (TPSA) is 170 Å². The van der Waals surface area contributed by atoms with Gasteiger partial charge in [0.25, 0.3) is 0 Å². The number of aromatic hydroxyl groups is 1. The zero-order valence-corrected chi connectivity index (χ0v) is 27.1. The van der Waals surface area contributed by atoms with E-state index in [0.29, 0.717) is 36.7 Å². The molecule has 2 aliphatic rings. The minimum atomic E-state index is -0.124. The molecule has 4 rings (SSSR count). The maximum atomic E-state index is 10.1. The first-order chi connectivity index (χ1) is 19.8. The third-order valence-corrected chi connectivity index (χ3v) is 7.02. The number of aliphatic hydroxyl groups is 1. The first kappa shape index (κ1) is 35.1. The summed E-state index contributed by atoms with van der Waals surface area (Å²) >= 11 is 0. The average Bonchev–Trinajstić information content (AvgIpc) is 3.14. The van der Waals surface area contributed by atoms with Gasteiger partial charge in [-0.15, -0.1) is 5.92 Å². The van der Waals surface area contributed by atoms with Gasteiger partial charge in [-0.05, 0) is 75.6 Å². The van der Waals surface area contributed by atoms with Crippen molar-refractivity contribution in [2.75, 3.05) is 31.1 Å². The number of aliphatic hydroxyl groups excluding tert-OH is 1. The molecule has 1 aliphatic heterocycles. The molecule has 11 heteroatoms. The van der Waals surface area contributed by atoms with Crippen LogP contribution in [0.25, 0.3) is 5.73 Å². The van der Waals surface area contributed by atoms with Gasteiger partial charge in [0.15, 0.2) is 0 Å². The van der Waals surface area contributed by atoms with Crippen LogP contribution < -0.4 is 10.6 Å². The summed E-state index contributed by atoms with van der Waals surface area (Å²) in [5.41, 5.74) is 14.0. The number of allylic oxidation sites excluding steroid dienone is 3. The molecule has 0 saturated carbocycles. The number of phenols is 1. The van der Waals surface area contributed by atoms with Crippen molar-refractivity contribution < 1.29 is 42.9 Å². The third-order valence-electron chi connectivity index (χ3n) is 7.02. The molecule has 7 N–H and O–H groups in total. The van der Waals surface area contributed by atoms with Crippen LogP contribution in [0, 0.1) is 22.7 Å². The number of anilines is 1. The van der Waals surface area contributed by atoms with E-state index in [0.717, 1.165) is 44.3 Å². The molecule has 1 unspecified atom stereocenters. The van der Waals surface area contributed by atoms with E-state index in [4.69, 9.17) is 22.3 Å². The van der Waals surface area contributed by atoms with Crippen LogP contribution >= 0.6 is 0 Å². The van der Waals surface area contributed by atoms with Crippen molar-refractivity contribution in [2.45, 2.75) is 57.6 Å². The van der Waals surface area contributed by atoms with Crippen LogP contribution in [0.15, 0.2) is 60.5 Å². The van der Waals surface area contributed by atoms with Gasteiger partial charge in [-0.3, -0.25) is 5.41 Å². The van der Waals surface area contributed by atoms with Crippen molar-refractivity contribution in [2.24, 2.45) is 5.73 Å². The van der Waals surface area contributed by atoms with Gasteiger partial charge in [-0.2, -0.15) is 0 Å². The predicted molar refractivity (Wildman–Crippen MR) is 164 cm³/mol. The van der Waals surface area contributed by atoms with Crippen molar-refractivity contribution in [3.63, 3.8) is 0 Å². The second-order valence-electron chi connectivity index (χ2n) is 10.0. The van der Waals surface area contributed by atoms with Gasteiger partial charge in [0, 0.05) is 70.1 Å². The Kier molecular flexibility index (Phi) is 15.4. The van der Waals surface area contributed by atoms with Crippen LogP contribution in [0.4, 0.5) is 5.82 Å². The van der Waals surface area contributed by atoms with Gasteiger partial charge in [-0.1, -0.05) is 30.8 Å². The molecule has 0 bridgehead atoms. The molecular formula is C31H41N8O2Y-. The van der Waals surface area contributed by atoms with E-state index in [9.17, 15) is 10.2 Å². The number of aromatic nitrogens is 2. The molecule has 1 radical (unpaired) electrons. The van der Waals surface area contributed by atoms with E-state index >= 15 is 0 Å². The molecule has 2 heterocycles. The first-order valence-electron chi connectivity index (χ1n) is 14.0. The maximum absolute atomic E-state index is 10.1. The quantitative estimate of drug-likeness (QED) is 0.140. The van der Waals surface area contributed by atoms with Crippen LogP contribution in [0.5, 0.6) is 5.75 Å². The molecule has 10 nitrogen and oxygen atoms in total. The predicted octanol–water partition coefficient (Wildman–Crippen LogP) is 4.24. The van der Waals surface area contributed by atoms with Crippen molar-refractivity contribution >= 4 is 17.4 Å². The second-order valence-corrected chi connectivity index (χ2v) is 10.0. The summed E-state index contributed by atoms with van der Waals surface area (Å²) in [6.45, 7) is 3.99. The standard InChI is InChI=1S/C23H27N8O.C8H14O.Y/c1-16-9-12-30(13-14-31(16)22-8-11-28-21(29-22)7-4-10-24)19(23(26)27)15-18(25)17-5-2-3-6-20(17)32;9-8-6-4-2-1-3-5-7-8;/h2-3,5-6,8,11,15-16,24-25,32H,9-10,12-14H2,1H3,(H3,26,27);1-2,8-9H,3-7H2;/q-1;;/b19-15+,25-18?;2-1-;/t16-;;/m1../s1. The normalized spacial score (nSPS) is 19.7. The van der Waals surface area contributed by atoms with Crippen molar-refractivity contribution in [3.05, 3.63) is 77.6 Å². The summed E-state index contributed by atoms with van der Waals surface area (Å²) in [4.78, 5) is 12.8. The summed E-state index contributed by atoms with van der Waals surface area (Å²) < 4.78 is 0. The van der Waals surface area contributed by atoms with Crippen LogP contribution in [-0.2, 0) is 32.7 Å². The Hall–Kier alpha value is -3.10. The Morgan fingerprint density at radius 2 is 1.88 bits per heavy atom. The number of nitrogens with zero attached hydrogens (tertiary/aromatic N) is 4. The van der Waals surface area contributed by atoms with Gasteiger partial charge in [0.1, 0.15) is 17.4 Å². The monoisotopic (exact) mass is 646 g/mol. The summed E-state index contributed by atoms with van der Waals surface area (Å²) in [7, 11) is 0. The van der Waals surface area contributed by atoms with E-state index in [1.807, 2.05) is 11.0 Å². The molecule has 1 aromatic carbocycles. The molecule has 2 atom stereocenters. The fourth-order valence-electron chi connectivity index (χ4n) is 4.73. The van der Waals surface area contributed by atoms with Gasteiger partial charge in [0.2, 0.25) is 5.82 Å². The smallest absolute Gasteiger partial charge is 0.206 e. The van der Waals surface area contributed by atoms with Crippen LogP contribution in [0.2, 0.25) is 0 Å². The van der Waals surface area contributed by atoms with Gasteiger partial charge < -0.3 is 36.9 Å². The number of amidine groups is 1. The second kappa shape index (κ2) is 18.4. The zero-order chi connectivity index (χ0) is 29.6. The Balaban J connectivity index is 0.000000526. The fourth-order valence-corrected chi connectivity index (χ4v) is 4.73. The number of rotatable bonds is 5. The van der Waals surface area contributed by atoms with Crippen molar-refractivity contribution in [3.8, 4) is 17.6 Å². The van der Waals surface area contributed by atoms with Gasteiger partial charge in [-0.25, -0.2) is 9.97 Å². The van der Waals surface area contributed by atoms with Crippen molar-refractivity contribution in [1.82, 2.24) is 14.9 Å². The maximum Gasteiger partial charge on any atom is 0.206 e. The molecule has 2 aromatic rings. The minimum Gasteiger partial charge on any atom is -0.667 e. The van der Waals surface area contributed by atoms with Crippen LogP contribution in [0.1, 0.15) is 56.8 Å². The number of hydrogen-bond donors (Lipinski definition) is 5. The Morgan fingerprint density at radius 3 is 2.62 bits per heavy atom. The average molecular weight is 647 g/mol. The number of nitrogens with one attached hydrogen (secondary N) is 3. The van der Waals surface area contributed by atoms with E-state index in [2.05, 4.69) is 45.8 Å². The molecule has 1 aromatic heterocycles. The number of benzene rings is 1. The number of nitrogens with two attached hydrogens (primary N) is 1. The van der Waals surface area contributed by atoms with Gasteiger partial charge >= 0.3 is 0 Å². The summed E-state index contributed by atoms with van der Waals surface area (Å²) in [5, 5.41) is 35.7. The summed E-state index contributed by atoms with van der Waals surface area (Å²) in [6.07, 6.45) is 13.7. The molecule has 1 saturated heterocycles. The van der Waals surface area contributed by atoms with Crippen molar-refractivity contribution in [1.29, 1.82) is 10.8 Å². The number of phenolic OH excluding ortho intramolecular Hbond substituents is 1. The largest absolute Gasteiger partial charge is 0.667 e. The number of para-hydroxylation sites is 1. The third kappa shape index (κ3) is 11.0. The Morgan fingerprint density at radius 1 is 1.12 bits per heavy atom. The van der Waals surface area contributed by atoms with E-state index in [1.165, 1.54) is 12.1 Å². The number of hydrogen-bond acceptors (Lipinski definition) is 8. The molecule has 0 spiro atoms.